The molecule has 0 unspecified atom stereocenters. The Bertz CT molecular complexity index is 678. The molecule has 0 bridgehead atoms. The minimum Gasteiger partial charge on any atom is -0.370 e. The van der Waals surface area contributed by atoms with E-state index in [0.29, 0.717) is 10.6 Å². The number of rotatable bonds is 2. The van der Waals surface area contributed by atoms with Crippen molar-refractivity contribution in [3.05, 3.63) is 59.1 Å². The molecule has 22 heavy (non-hydrogen) atoms. The molecule has 0 aromatic heterocycles. The summed E-state index contributed by atoms with van der Waals surface area (Å²) in [4.78, 5) is 4.77. The van der Waals surface area contributed by atoms with Gasteiger partial charge in [-0.05, 0) is 36.8 Å². The first-order chi connectivity index (χ1) is 10.8. The van der Waals surface area contributed by atoms with Crippen LogP contribution in [0.2, 0.25) is 5.02 Å². The normalized spacial score (nSPS) is 15.3. The lowest BCUT2D eigenvalue weighted by molar-refractivity contribution is 0.806. The van der Waals surface area contributed by atoms with Crippen molar-refractivity contribution in [1.82, 2.24) is 0 Å². The molecule has 2 aromatic carbocycles. The summed E-state index contributed by atoms with van der Waals surface area (Å²) in [6.45, 7) is 4.01. The van der Waals surface area contributed by atoms with Crippen LogP contribution in [0.15, 0.2) is 48.5 Å². The van der Waals surface area contributed by atoms with Crippen LogP contribution in [0, 0.1) is 11.3 Å². The third-order valence-corrected chi connectivity index (χ3v) is 4.37. The van der Waals surface area contributed by atoms with Crippen molar-refractivity contribution >= 4 is 23.0 Å². The van der Waals surface area contributed by atoms with Gasteiger partial charge < -0.3 is 9.80 Å². The molecule has 3 rings (SSSR count). The van der Waals surface area contributed by atoms with E-state index >= 15 is 0 Å². The fourth-order valence-electron chi connectivity index (χ4n) is 2.86. The number of anilines is 2. The molecular weight excluding hydrogens is 294 g/mol. The highest BCUT2D eigenvalue weighted by Gasteiger charge is 2.16. The predicted octanol–water partition coefficient (Wildman–Crippen LogP) is 3.93. The Labute approximate surface area is 136 Å². The summed E-state index contributed by atoms with van der Waals surface area (Å²) in [5, 5.41) is 9.50. The van der Waals surface area contributed by atoms with Gasteiger partial charge in [0.2, 0.25) is 0 Å². The SMILES string of the molecule is N#Cc1ccc(N2CCCN(c3ccccc3)CC2)cc1Cl. The predicted molar refractivity (Wildman–Crippen MR) is 91.7 cm³/mol. The van der Waals surface area contributed by atoms with E-state index in [4.69, 9.17) is 16.9 Å². The number of nitrogens with zero attached hydrogens (tertiary/aromatic N) is 3. The molecule has 1 heterocycles. The van der Waals surface area contributed by atoms with E-state index in [1.807, 2.05) is 18.2 Å². The molecule has 0 radical (unpaired) electrons. The highest BCUT2D eigenvalue weighted by molar-refractivity contribution is 6.32. The fourth-order valence-corrected chi connectivity index (χ4v) is 3.08. The van der Waals surface area contributed by atoms with E-state index < -0.39 is 0 Å². The van der Waals surface area contributed by atoms with Gasteiger partial charge in [-0.2, -0.15) is 5.26 Å². The zero-order valence-electron chi connectivity index (χ0n) is 12.4. The Kier molecular flexibility index (Phi) is 4.50. The maximum absolute atomic E-state index is 8.97. The largest absolute Gasteiger partial charge is 0.370 e. The van der Waals surface area contributed by atoms with Crippen LogP contribution in [-0.4, -0.2) is 26.2 Å². The Balaban J connectivity index is 1.73. The molecule has 0 N–H and O–H groups in total. The summed E-state index contributed by atoms with van der Waals surface area (Å²) in [6.07, 6.45) is 1.10. The van der Waals surface area contributed by atoms with Crippen LogP contribution in [0.4, 0.5) is 11.4 Å². The zero-order chi connectivity index (χ0) is 15.4. The van der Waals surface area contributed by atoms with Crippen molar-refractivity contribution in [2.24, 2.45) is 0 Å². The van der Waals surface area contributed by atoms with Crippen LogP contribution in [0.3, 0.4) is 0 Å². The summed E-state index contributed by atoms with van der Waals surface area (Å²) in [6, 6.07) is 18.3. The maximum Gasteiger partial charge on any atom is 0.101 e. The van der Waals surface area contributed by atoms with Gasteiger partial charge in [0.05, 0.1) is 10.6 Å². The lowest BCUT2D eigenvalue weighted by Crippen LogP contribution is -2.30. The third-order valence-electron chi connectivity index (χ3n) is 4.06. The van der Waals surface area contributed by atoms with E-state index in [1.54, 1.807) is 6.07 Å². The minimum absolute atomic E-state index is 0.532. The summed E-state index contributed by atoms with van der Waals surface area (Å²) >= 11 is 6.15. The summed E-state index contributed by atoms with van der Waals surface area (Å²) in [7, 11) is 0. The highest BCUT2D eigenvalue weighted by Crippen LogP contribution is 2.25. The Morgan fingerprint density at radius 1 is 0.864 bits per heavy atom. The standard InChI is InChI=1S/C18H18ClN3/c19-18-13-17(8-7-15(18)14-20)22-10-4-9-21(11-12-22)16-5-2-1-3-6-16/h1-3,5-8,13H,4,9-12H2. The van der Waals surface area contributed by atoms with Gasteiger partial charge in [0.15, 0.2) is 0 Å². The van der Waals surface area contributed by atoms with Gasteiger partial charge >= 0.3 is 0 Å². The number of para-hydroxylation sites is 1. The first-order valence-corrected chi connectivity index (χ1v) is 7.90. The number of halogens is 1. The second-order valence-corrected chi connectivity index (χ2v) is 5.85. The van der Waals surface area contributed by atoms with Crippen LogP contribution in [-0.2, 0) is 0 Å². The average molecular weight is 312 g/mol. The molecular formula is C18H18ClN3. The lowest BCUT2D eigenvalue weighted by atomic mass is 10.2. The highest BCUT2D eigenvalue weighted by atomic mass is 35.5. The molecule has 1 saturated heterocycles. The van der Waals surface area contributed by atoms with Gasteiger partial charge in [0, 0.05) is 37.6 Å². The average Bonchev–Trinajstić information content (AvgIpc) is 2.81. The van der Waals surface area contributed by atoms with Gasteiger partial charge in [0.25, 0.3) is 0 Å². The summed E-state index contributed by atoms with van der Waals surface area (Å²) < 4.78 is 0. The second-order valence-electron chi connectivity index (χ2n) is 5.44. The maximum atomic E-state index is 8.97. The van der Waals surface area contributed by atoms with Crippen LogP contribution in [0.25, 0.3) is 0 Å². The topological polar surface area (TPSA) is 30.3 Å². The first kappa shape index (κ1) is 14.7. The van der Waals surface area contributed by atoms with Crippen LogP contribution >= 0.6 is 11.6 Å². The molecule has 112 valence electrons. The van der Waals surface area contributed by atoms with Crippen molar-refractivity contribution in [3.63, 3.8) is 0 Å². The Morgan fingerprint density at radius 3 is 2.18 bits per heavy atom. The molecule has 0 amide bonds. The van der Waals surface area contributed by atoms with Crippen molar-refractivity contribution in [3.8, 4) is 6.07 Å². The lowest BCUT2D eigenvalue weighted by Gasteiger charge is -2.25. The van der Waals surface area contributed by atoms with E-state index in [0.717, 1.165) is 38.3 Å². The molecule has 1 fully saturated rings. The van der Waals surface area contributed by atoms with Crippen LogP contribution < -0.4 is 9.80 Å². The number of nitriles is 1. The monoisotopic (exact) mass is 311 g/mol. The van der Waals surface area contributed by atoms with Gasteiger partial charge in [-0.3, -0.25) is 0 Å². The smallest absolute Gasteiger partial charge is 0.101 e. The van der Waals surface area contributed by atoms with Crippen molar-refractivity contribution in [1.29, 1.82) is 5.26 Å². The van der Waals surface area contributed by atoms with Crippen molar-refractivity contribution in [2.45, 2.75) is 6.42 Å². The quantitative estimate of drug-likeness (QED) is 0.842. The van der Waals surface area contributed by atoms with Crippen molar-refractivity contribution in [2.75, 3.05) is 36.0 Å². The molecule has 2 aromatic rings. The Morgan fingerprint density at radius 2 is 1.55 bits per heavy atom. The zero-order valence-corrected chi connectivity index (χ0v) is 13.1. The minimum atomic E-state index is 0.532. The van der Waals surface area contributed by atoms with Gasteiger partial charge in [-0.1, -0.05) is 29.8 Å². The van der Waals surface area contributed by atoms with E-state index in [-0.39, 0.29) is 0 Å². The van der Waals surface area contributed by atoms with Crippen LogP contribution in [0.5, 0.6) is 0 Å². The van der Waals surface area contributed by atoms with E-state index in [9.17, 15) is 0 Å². The summed E-state index contributed by atoms with van der Waals surface area (Å²) in [5.41, 5.74) is 2.91. The molecule has 1 aliphatic rings. The van der Waals surface area contributed by atoms with Crippen molar-refractivity contribution < 1.29 is 0 Å². The molecule has 0 aliphatic carbocycles. The molecule has 0 saturated carbocycles. The molecule has 0 spiro atoms. The molecule has 4 heteroatoms. The number of hydrogen-bond donors (Lipinski definition) is 0. The second kappa shape index (κ2) is 6.72. The van der Waals surface area contributed by atoms with Gasteiger partial charge in [-0.15, -0.1) is 0 Å². The third kappa shape index (κ3) is 3.18. The van der Waals surface area contributed by atoms with Crippen LogP contribution in [0.1, 0.15) is 12.0 Å². The van der Waals surface area contributed by atoms with E-state index in [1.165, 1.54) is 5.69 Å². The number of hydrogen-bond acceptors (Lipinski definition) is 3. The van der Waals surface area contributed by atoms with Gasteiger partial charge in [0.1, 0.15) is 6.07 Å². The Hall–Kier alpha value is -2.18. The molecule has 1 aliphatic heterocycles. The first-order valence-electron chi connectivity index (χ1n) is 7.52. The fraction of sp³-hybridized carbons (Fsp3) is 0.278. The summed E-state index contributed by atoms with van der Waals surface area (Å²) in [5.74, 6) is 0. The molecule has 3 nitrogen and oxygen atoms in total. The van der Waals surface area contributed by atoms with E-state index in [2.05, 4.69) is 40.1 Å². The molecule has 0 atom stereocenters. The van der Waals surface area contributed by atoms with Gasteiger partial charge in [-0.25, -0.2) is 0 Å². The number of benzene rings is 2.